The summed E-state index contributed by atoms with van der Waals surface area (Å²) < 4.78 is 22.8. The molecule has 2 N–H and O–H groups in total. The molecule has 0 aliphatic rings. The second-order valence-corrected chi connectivity index (χ2v) is 8.72. The summed E-state index contributed by atoms with van der Waals surface area (Å²) in [5.41, 5.74) is 6.23. The number of hydrogen-bond acceptors (Lipinski definition) is 4. The Morgan fingerprint density at radius 3 is 2.11 bits per heavy atom. The average Bonchev–Trinajstić information content (AvgIpc) is 2.68. The first-order valence-corrected chi connectivity index (χ1v) is 10.3. The molecular weight excluding hydrogens is 360 g/mol. The molecule has 27 heavy (non-hydrogen) atoms. The van der Waals surface area contributed by atoms with Gasteiger partial charge in [0.1, 0.15) is 6.10 Å². The molecule has 144 valence electrons. The molecule has 5 nitrogen and oxygen atoms in total. The van der Waals surface area contributed by atoms with Crippen LogP contribution in [0.5, 0.6) is 0 Å². The third kappa shape index (κ3) is 5.44. The van der Waals surface area contributed by atoms with E-state index in [-0.39, 0.29) is 11.8 Å². The van der Waals surface area contributed by atoms with E-state index >= 15 is 0 Å². The minimum absolute atomic E-state index is 0.0127. The molecule has 0 saturated carbocycles. The van der Waals surface area contributed by atoms with E-state index in [9.17, 15) is 9.00 Å². The molecule has 2 aromatic rings. The number of hydrogen-bond donors (Lipinski definition) is 1. The van der Waals surface area contributed by atoms with E-state index in [4.69, 9.17) is 10.5 Å². The van der Waals surface area contributed by atoms with Gasteiger partial charge in [0.2, 0.25) is 0 Å². The molecule has 0 spiro atoms. The Labute approximate surface area is 161 Å². The van der Waals surface area contributed by atoms with Crippen LogP contribution < -0.4 is 5.73 Å². The Balaban J connectivity index is 2.49. The lowest BCUT2D eigenvalue weighted by molar-refractivity contribution is 0.0694. The van der Waals surface area contributed by atoms with Gasteiger partial charge < -0.3 is 10.5 Å². The predicted molar refractivity (Wildman–Crippen MR) is 109 cm³/mol. The van der Waals surface area contributed by atoms with Crippen LogP contribution in [0.3, 0.4) is 0 Å². The van der Waals surface area contributed by atoms with Gasteiger partial charge in [0.05, 0.1) is 14.6 Å². The van der Waals surface area contributed by atoms with Crippen molar-refractivity contribution in [3.8, 4) is 0 Å². The molecule has 0 fully saturated rings. The van der Waals surface area contributed by atoms with Crippen LogP contribution >= 0.6 is 0 Å². The van der Waals surface area contributed by atoms with Crippen molar-refractivity contribution in [2.75, 3.05) is 7.05 Å². The number of carbonyl (C=O) groups excluding carboxylic acids is 1. The lowest BCUT2D eigenvalue weighted by Crippen LogP contribution is -2.32. The highest BCUT2D eigenvalue weighted by molar-refractivity contribution is 7.96. The van der Waals surface area contributed by atoms with Crippen molar-refractivity contribution in [3.05, 3.63) is 77.7 Å². The number of amides is 1. The molecule has 2 aromatic carbocycles. The van der Waals surface area contributed by atoms with Crippen LogP contribution in [-0.2, 0) is 14.5 Å². The van der Waals surface area contributed by atoms with Crippen LogP contribution in [0.25, 0.3) is 0 Å². The Kier molecular flexibility index (Phi) is 7.19. The summed E-state index contributed by atoms with van der Waals surface area (Å²) in [6.45, 7) is 3.91. The van der Waals surface area contributed by atoms with Gasteiger partial charge in [-0.1, -0.05) is 68.5 Å². The SMILES string of the molecule is CN=S(=O)(/C=C\[C@@H](c1ccccc1)[C@@H](OC(N)=O)C(C)C)c1ccccc1. The Bertz CT molecular complexity index is 886. The molecule has 0 aromatic heterocycles. The van der Waals surface area contributed by atoms with Gasteiger partial charge in [0, 0.05) is 18.4 Å². The lowest BCUT2D eigenvalue weighted by atomic mass is 9.87. The summed E-state index contributed by atoms with van der Waals surface area (Å²) in [6, 6.07) is 18.7. The van der Waals surface area contributed by atoms with Crippen LogP contribution in [-0.4, -0.2) is 23.5 Å². The Morgan fingerprint density at radius 1 is 1.07 bits per heavy atom. The Morgan fingerprint density at radius 2 is 1.63 bits per heavy atom. The fraction of sp³-hybridized carbons (Fsp3) is 0.286. The maximum Gasteiger partial charge on any atom is 0.404 e. The molecule has 0 heterocycles. The molecule has 3 atom stereocenters. The second-order valence-electron chi connectivity index (χ2n) is 6.47. The molecule has 0 bridgehead atoms. The van der Waals surface area contributed by atoms with E-state index in [1.54, 1.807) is 17.5 Å². The summed E-state index contributed by atoms with van der Waals surface area (Å²) in [6.07, 6.45) is 0.495. The number of carbonyl (C=O) groups is 1. The van der Waals surface area contributed by atoms with Crippen molar-refractivity contribution in [1.82, 2.24) is 0 Å². The largest absolute Gasteiger partial charge is 0.445 e. The smallest absolute Gasteiger partial charge is 0.404 e. The highest BCUT2D eigenvalue weighted by atomic mass is 32.2. The minimum Gasteiger partial charge on any atom is -0.445 e. The highest BCUT2D eigenvalue weighted by Gasteiger charge is 2.27. The van der Waals surface area contributed by atoms with Crippen molar-refractivity contribution in [3.63, 3.8) is 0 Å². The van der Waals surface area contributed by atoms with Gasteiger partial charge in [-0.3, -0.25) is 0 Å². The van der Waals surface area contributed by atoms with Gasteiger partial charge in [-0.2, -0.15) is 0 Å². The third-order valence-electron chi connectivity index (χ3n) is 4.27. The fourth-order valence-electron chi connectivity index (χ4n) is 2.90. The van der Waals surface area contributed by atoms with Crippen LogP contribution in [0.15, 0.2) is 81.4 Å². The first-order chi connectivity index (χ1) is 12.9. The second kappa shape index (κ2) is 9.37. The van der Waals surface area contributed by atoms with E-state index in [2.05, 4.69) is 4.36 Å². The van der Waals surface area contributed by atoms with Gasteiger partial charge in [0.25, 0.3) is 0 Å². The summed E-state index contributed by atoms with van der Waals surface area (Å²) in [4.78, 5) is 12.1. The van der Waals surface area contributed by atoms with Crippen molar-refractivity contribution in [1.29, 1.82) is 0 Å². The molecule has 6 heteroatoms. The number of primary amides is 1. The molecule has 0 aliphatic heterocycles. The van der Waals surface area contributed by atoms with Crippen molar-refractivity contribution < 1.29 is 13.7 Å². The zero-order chi connectivity index (χ0) is 19.9. The average molecular weight is 387 g/mol. The number of ether oxygens (including phenoxy) is 1. The summed E-state index contributed by atoms with van der Waals surface area (Å²) in [5.74, 6) is -0.288. The summed E-state index contributed by atoms with van der Waals surface area (Å²) in [7, 11) is -1.18. The van der Waals surface area contributed by atoms with E-state index in [1.807, 2.05) is 68.5 Å². The standard InChI is InChI=1S/C21H26N2O3S/c1-16(2)20(26-21(22)24)19(17-10-6-4-7-11-17)14-15-27(25,23-3)18-12-8-5-9-13-18/h4-16,19-20H,1-3H3,(H2,22,24)/b15-14-/t19-,20-,27?/m0/s1. The maximum atomic E-state index is 13.3. The quantitative estimate of drug-likeness (QED) is 0.757. The van der Waals surface area contributed by atoms with E-state index in [0.29, 0.717) is 4.90 Å². The van der Waals surface area contributed by atoms with E-state index < -0.39 is 21.9 Å². The van der Waals surface area contributed by atoms with Crippen LogP contribution in [0, 0.1) is 5.92 Å². The lowest BCUT2D eigenvalue weighted by Gasteiger charge is -2.27. The van der Waals surface area contributed by atoms with Crippen LogP contribution in [0.4, 0.5) is 4.79 Å². The molecule has 1 amide bonds. The van der Waals surface area contributed by atoms with Crippen molar-refractivity contribution in [2.24, 2.45) is 16.0 Å². The molecule has 0 saturated heterocycles. The molecule has 0 aliphatic carbocycles. The third-order valence-corrected chi connectivity index (χ3v) is 6.29. The fourth-order valence-corrected chi connectivity index (χ4v) is 4.31. The van der Waals surface area contributed by atoms with Crippen molar-refractivity contribution >= 4 is 15.8 Å². The van der Waals surface area contributed by atoms with E-state index in [0.717, 1.165) is 5.56 Å². The van der Waals surface area contributed by atoms with Crippen molar-refractivity contribution in [2.45, 2.75) is 30.8 Å². The molecular formula is C21H26N2O3S. The number of nitrogens with zero attached hydrogens (tertiary/aromatic N) is 1. The molecule has 0 radical (unpaired) electrons. The Hall–Kier alpha value is -2.60. The normalized spacial score (nSPS) is 15.9. The number of rotatable bonds is 7. The maximum absolute atomic E-state index is 13.3. The predicted octanol–water partition coefficient (Wildman–Crippen LogP) is 4.56. The first kappa shape index (κ1) is 20.7. The minimum atomic E-state index is -2.72. The zero-order valence-corrected chi connectivity index (χ0v) is 16.6. The van der Waals surface area contributed by atoms with Gasteiger partial charge >= 0.3 is 6.09 Å². The molecule has 2 rings (SSSR count). The van der Waals surface area contributed by atoms with Gasteiger partial charge in [-0.15, -0.1) is 0 Å². The highest BCUT2D eigenvalue weighted by Crippen LogP contribution is 2.29. The summed E-state index contributed by atoms with van der Waals surface area (Å²) in [5, 5.41) is 1.61. The number of nitrogens with two attached hydrogens (primary N) is 1. The summed E-state index contributed by atoms with van der Waals surface area (Å²) >= 11 is 0. The zero-order valence-electron chi connectivity index (χ0n) is 15.8. The monoisotopic (exact) mass is 386 g/mol. The van der Waals surface area contributed by atoms with Gasteiger partial charge in [0.15, 0.2) is 0 Å². The van der Waals surface area contributed by atoms with Gasteiger partial charge in [-0.25, -0.2) is 13.4 Å². The van der Waals surface area contributed by atoms with Gasteiger partial charge in [-0.05, 0) is 23.6 Å². The first-order valence-electron chi connectivity index (χ1n) is 8.77. The van der Waals surface area contributed by atoms with E-state index in [1.165, 1.54) is 7.05 Å². The van der Waals surface area contributed by atoms with Crippen LogP contribution in [0.1, 0.15) is 25.3 Å². The number of benzene rings is 2. The molecule has 1 unspecified atom stereocenters. The topological polar surface area (TPSA) is 81.8 Å². The van der Waals surface area contributed by atoms with Crippen LogP contribution in [0.2, 0.25) is 0 Å².